The zero-order chi connectivity index (χ0) is 19.6. The molecule has 142 valence electrons. The minimum Gasteiger partial charge on any atom is -0.486 e. The van der Waals surface area contributed by atoms with Gasteiger partial charge in [-0.05, 0) is 43.0 Å². The van der Waals surface area contributed by atoms with E-state index in [-0.39, 0.29) is 11.3 Å². The third-order valence-corrected chi connectivity index (χ3v) is 5.53. The molecule has 3 rings (SSSR count). The molecule has 0 saturated carbocycles. The Bertz CT molecular complexity index is 906. The molecule has 27 heavy (non-hydrogen) atoms. The molecule has 0 bridgehead atoms. The van der Waals surface area contributed by atoms with Gasteiger partial charge < -0.3 is 14.8 Å². The molecule has 2 aromatic rings. The van der Waals surface area contributed by atoms with E-state index in [9.17, 15) is 14.9 Å². The summed E-state index contributed by atoms with van der Waals surface area (Å²) in [6.45, 7) is 2.75. The Hall–Kier alpha value is -2.26. The smallest absolute Gasteiger partial charge is 0.282 e. The Kier molecular flexibility index (Phi) is 5.91. The number of fused-ring (bicyclic) bond motifs is 1. The summed E-state index contributed by atoms with van der Waals surface area (Å²) in [5, 5.41) is 14.1. The van der Waals surface area contributed by atoms with Gasteiger partial charge in [-0.25, -0.2) is 0 Å². The summed E-state index contributed by atoms with van der Waals surface area (Å²) in [5.41, 5.74) is 0.599. The molecule has 1 aliphatic heterocycles. The van der Waals surface area contributed by atoms with Crippen molar-refractivity contribution in [2.75, 3.05) is 19.5 Å². The van der Waals surface area contributed by atoms with E-state index in [1.807, 2.05) is 6.26 Å². The number of hydrogen-bond acceptors (Lipinski definition) is 6. The van der Waals surface area contributed by atoms with Crippen LogP contribution in [-0.2, 0) is 0 Å². The maximum Gasteiger partial charge on any atom is 0.282 e. The van der Waals surface area contributed by atoms with E-state index in [1.165, 1.54) is 23.9 Å². The van der Waals surface area contributed by atoms with E-state index in [1.54, 1.807) is 25.1 Å². The Morgan fingerprint density at radius 1 is 1.26 bits per heavy atom. The van der Waals surface area contributed by atoms with Gasteiger partial charge in [0.15, 0.2) is 11.5 Å². The van der Waals surface area contributed by atoms with E-state index in [0.29, 0.717) is 24.7 Å². The second-order valence-corrected chi connectivity index (χ2v) is 7.59. The second kappa shape index (κ2) is 8.18. The number of halogens is 1. The van der Waals surface area contributed by atoms with Gasteiger partial charge in [-0.1, -0.05) is 15.9 Å². The van der Waals surface area contributed by atoms with Gasteiger partial charge in [0, 0.05) is 15.4 Å². The molecule has 9 heteroatoms. The maximum absolute atomic E-state index is 12.7. The zero-order valence-corrected chi connectivity index (χ0v) is 17.1. The van der Waals surface area contributed by atoms with Gasteiger partial charge in [0.25, 0.3) is 11.6 Å². The fraction of sp³-hybridized carbons (Fsp3) is 0.278. The van der Waals surface area contributed by atoms with Gasteiger partial charge in [0.1, 0.15) is 18.8 Å². The van der Waals surface area contributed by atoms with Crippen LogP contribution in [0.1, 0.15) is 28.9 Å². The molecule has 1 aliphatic rings. The Morgan fingerprint density at radius 2 is 1.93 bits per heavy atom. The summed E-state index contributed by atoms with van der Waals surface area (Å²) in [7, 11) is 0. The molecule has 0 saturated heterocycles. The molecule has 1 unspecified atom stereocenters. The lowest BCUT2D eigenvalue weighted by atomic mass is 10.1. The van der Waals surface area contributed by atoms with Crippen LogP contribution in [0.15, 0.2) is 39.7 Å². The predicted octanol–water partition coefficient (Wildman–Crippen LogP) is 4.34. The van der Waals surface area contributed by atoms with Crippen molar-refractivity contribution in [2.45, 2.75) is 17.9 Å². The van der Waals surface area contributed by atoms with Crippen LogP contribution in [0.2, 0.25) is 0 Å². The van der Waals surface area contributed by atoms with Gasteiger partial charge in [-0.2, -0.15) is 0 Å². The van der Waals surface area contributed by atoms with Crippen LogP contribution in [-0.4, -0.2) is 30.3 Å². The minimum atomic E-state index is -0.552. The van der Waals surface area contributed by atoms with E-state index in [0.717, 1.165) is 14.9 Å². The maximum atomic E-state index is 12.7. The highest BCUT2D eigenvalue weighted by Gasteiger charge is 2.24. The first-order chi connectivity index (χ1) is 12.9. The van der Waals surface area contributed by atoms with Crippen molar-refractivity contribution in [3.8, 4) is 11.5 Å². The molecule has 1 N–H and O–H groups in total. The number of nitrogens with one attached hydrogen (secondary N) is 1. The normalized spacial score (nSPS) is 13.7. The molecule has 2 aromatic carbocycles. The molecule has 0 radical (unpaired) electrons. The molecular weight excluding hydrogens is 436 g/mol. The van der Waals surface area contributed by atoms with Crippen LogP contribution in [0, 0.1) is 10.1 Å². The lowest BCUT2D eigenvalue weighted by molar-refractivity contribution is -0.385. The summed E-state index contributed by atoms with van der Waals surface area (Å²) in [5.74, 6) is 0.738. The molecule has 0 fully saturated rings. The van der Waals surface area contributed by atoms with Gasteiger partial charge in [-0.15, -0.1) is 11.8 Å². The fourth-order valence-corrected chi connectivity index (χ4v) is 3.85. The van der Waals surface area contributed by atoms with Crippen LogP contribution in [0.5, 0.6) is 11.5 Å². The van der Waals surface area contributed by atoms with Gasteiger partial charge >= 0.3 is 0 Å². The van der Waals surface area contributed by atoms with Gasteiger partial charge in [-0.3, -0.25) is 14.9 Å². The molecule has 0 aliphatic carbocycles. The number of rotatable bonds is 5. The highest BCUT2D eigenvalue weighted by Crippen LogP contribution is 2.38. The fourth-order valence-electron chi connectivity index (χ4n) is 2.75. The van der Waals surface area contributed by atoms with Crippen molar-refractivity contribution in [3.05, 3.63) is 56.0 Å². The summed E-state index contributed by atoms with van der Waals surface area (Å²) >= 11 is 4.90. The summed E-state index contributed by atoms with van der Waals surface area (Å²) < 4.78 is 11.9. The van der Waals surface area contributed by atoms with Crippen molar-refractivity contribution < 1.29 is 19.2 Å². The number of hydrogen-bond donors (Lipinski definition) is 1. The number of carbonyl (C=O) groups excluding carboxylic acids is 1. The topological polar surface area (TPSA) is 90.7 Å². The van der Waals surface area contributed by atoms with Crippen molar-refractivity contribution in [1.82, 2.24) is 5.32 Å². The van der Waals surface area contributed by atoms with Crippen LogP contribution >= 0.6 is 27.7 Å². The molecule has 0 spiro atoms. The van der Waals surface area contributed by atoms with Crippen molar-refractivity contribution >= 4 is 39.3 Å². The van der Waals surface area contributed by atoms with Crippen LogP contribution in [0.25, 0.3) is 0 Å². The molecule has 1 amide bonds. The number of benzene rings is 2. The molecule has 7 nitrogen and oxygen atoms in total. The second-order valence-electron chi connectivity index (χ2n) is 5.85. The first-order valence-corrected chi connectivity index (χ1v) is 10.1. The zero-order valence-electron chi connectivity index (χ0n) is 14.7. The number of amides is 1. The van der Waals surface area contributed by atoms with Crippen molar-refractivity contribution in [1.29, 1.82) is 0 Å². The molecule has 1 atom stereocenters. The highest BCUT2D eigenvalue weighted by atomic mass is 79.9. The van der Waals surface area contributed by atoms with Crippen LogP contribution < -0.4 is 14.8 Å². The Morgan fingerprint density at radius 3 is 2.56 bits per heavy atom. The Labute approximate surface area is 168 Å². The SMILES string of the molecule is CSc1ccc([N+](=O)[O-])c(C(=O)NC(C)c2cc3c(cc2Br)OCCO3)c1. The lowest BCUT2D eigenvalue weighted by Crippen LogP contribution is -2.28. The minimum absolute atomic E-state index is 0.0346. The van der Waals surface area contributed by atoms with Gasteiger partial charge in [0.2, 0.25) is 0 Å². The van der Waals surface area contributed by atoms with Crippen LogP contribution in [0.3, 0.4) is 0 Å². The summed E-state index contributed by atoms with van der Waals surface area (Å²) in [6.07, 6.45) is 1.85. The molecular formula is C18H17BrN2O5S. The van der Waals surface area contributed by atoms with Crippen molar-refractivity contribution in [3.63, 3.8) is 0 Å². The van der Waals surface area contributed by atoms with E-state index in [2.05, 4.69) is 21.2 Å². The van der Waals surface area contributed by atoms with Gasteiger partial charge in [0.05, 0.1) is 11.0 Å². The van der Waals surface area contributed by atoms with Crippen molar-refractivity contribution in [2.24, 2.45) is 0 Å². The molecule has 0 aromatic heterocycles. The van der Waals surface area contributed by atoms with E-state index in [4.69, 9.17) is 9.47 Å². The Balaban J connectivity index is 1.87. The summed E-state index contributed by atoms with van der Waals surface area (Å²) in [4.78, 5) is 24.2. The first-order valence-electron chi connectivity index (χ1n) is 8.13. The van der Waals surface area contributed by atoms with E-state index >= 15 is 0 Å². The first kappa shape index (κ1) is 19.5. The number of thioether (sulfide) groups is 1. The van der Waals surface area contributed by atoms with Crippen LogP contribution in [0.4, 0.5) is 5.69 Å². The average Bonchev–Trinajstić information content (AvgIpc) is 2.66. The number of nitro benzene ring substituents is 1. The highest BCUT2D eigenvalue weighted by molar-refractivity contribution is 9.10. The quantitative estimate of drug-likeness (QED) is 0.412. The number of nitro groups is 1. The third-order valence-electron chi connectivity index (χ3n) is 4.12. The summed E-state index contributed by atoms with van der Waals surface area (Å²) in [6, 6.07) is 7.70. The third kappa shape index (κ3) is 4.19. The monoisotopic (exact) mass is 452 g/mol. The lowest BCUT2D eigenvalue weighted by Gasteiger charge is -2.22. The van der Waals surface area contributed by atoms with E-state index < -0.39 is 16.9 Å². The number of ether oxygens (including phenoxy) is 2. The number of nitrogens with zero attached hydrogens (tertiary/aromatic N) is 1. The average molecular weight is 453 g/mol. The standard InChI is InChI=1S/C18H17BrN2O5S/c1-10(12-8-16-17(9-14(12)19)26-6-5-25-16)20-18(22)13-7-11(27-2)3-4-15(13)21(23)24/h3-4,7-10H,5-6H2,1-2H3,(H,20,22). The molecule has 1 heterocycles. The largest absolute Gasteiger partial charge is 0.486 e. The number of carbonyl (C=O) groups is 1. The predicted molar refractivity (Wildman–Crippen MR) is 106 cm³/mol.